The van der Waals surface area contributed by atoms with Crippen molar-refractivity contribution in [1.82, 2.24) is 10.2 Å². The summed E-state index contributed by atoms with van der Waals surface area (Å²) in [5.41, 5.74) is -1.62. The Morgan fingerprint density at radius 3 is 2.64 bits per heavy atom. The number of nitrogens with one attached hydrogen (secondary N) is 1. The first kappa shape index (κ1) is 10.2. The number of halogens is 3. The third-order valence-corrected chi connectivity index (χ3v) is 3.74. The number of nitrogens with zero attached hydrogens (tertiary/aromatic N) is 1. The van der Waals surface area contributed by atoms with Gasteiger partial charge in [0.05, 0.1) is 0 Å². The van der Waals surface area contributed by atoms with E-state index < -0.39 is 11.7 Å². The van der Waals surface area contributed by atoms with Crippen molar-refractivity contribution >= 4 is 0 Å². The molecule has 2 rings (SSSR count). The Morgan fingerprint density at radius 1 is 1.36 bits per heavy atom. The Hall–Kier alpha value is -0.290. The zero-order valence-corrected chi connectivity index (χ0v) is 8.19. The lowest BCUT2D eigenvalue weighted by Gasteiger charge is -2.43. The fourth-order valence-electron chi connectivity index (χ4n) is 2.82. The monoisotopic (exact) mass is 208 g/mol. The van der Waals surface area contributed by atoms with Gasteiger partial charge in [0.2, 0.25) is 0 Å². The topological polar surface area (TPSA) is 15.3 Å². The van der Waals surface area contributed by atoms with Gasteiger partial charge >= 0.3 is 6.18 Å². The minimum atomic E-state index is -4.12. The van der Waals surface area contributed by atoms with Gasteiger partial charge in [0.25, 0.3) is 0 Å². The Balaban J connectivity index is 2.27. The normalized spacial score (nSPS) is 42.9. The second-order valence-corrected chi connectivity index (χ2v) is 4.26. The molecular weight excluding hydrogens is 193 g/mol. The summed E-state index contributed by atoms with van der Waals surface area (Å²) in [6, 6.07) is 0. The minimum absolute atomic E-state index is 0.192. The van der Waals surface area contributed by atoms with Crippen LogP contribution in [0, 0.1) is 5.92 Å². The highest BCUT2D eigenvalue weighted by atomic mass is 19.4. The number of fused-ring (bicyclic) bond motifs is 2. The van der Waals surface area contributed by atoms with Crippen LogP contribution in [-0.4, -0.2) is 43.3 Å². The lowest BCUT2D eigenvalue weighted by molar-refractivity contribution is -0.217. The molecule has 0 radical (unpaired) electrons. The summed E-state index contributed by atoms with van der Waals surface area (Å²) >= 11 is 0. The molecule has 0 saturated carbocycles. The van der Waals surface area contributed by atoms with Crippen LogP contribution in [0.15, 0.2) is 0 Å². The first-order valence-corrected chi connectivity index (χ1v) is 4.97. The fourth-order valence-corrected chi connectivity index (χ4v) is 2.82. The van der Waals surface area contributed by atoms with Crippen molar-refractivity contribution in [3.05, 3.63) is 0 Å². The summed E-state index contributed by atoms with van der Waals surface area (Å²) in [7, 11) is 1.43. The van der Waals surface area contributed by atoms with Crippen LogP contribution < -0.4 is 5.32 Å². The van der Waals surface area contributed by atoms with E-state index in [2.05, 4.69) is 10.2 Å². The van der Waals surface area contributed by atoms with Crippen LogP contribution in [0.5, 0.6) is 0 Å². The number of hydrogen-bond acceptors (Lipinski definition) is 2. The first-order valence-electron chi connectivity index (χ1n) is 4.97. The molecule has 3 atom stereocenters. The third kappa shape index (κ3) is 1.26. The van der Waals surface area contributed by atoms with Crippen molar-refractivity contribution in [3.63, 3.8) is 0 Å². The Morgan fingerprint density at radius 2 is 2.07 bits per heavy atom. The van der Waals surface area contributed by atoms with E-state index in [1.807, 2.05) is 0 Å². The van der Waals surface area contributed by atoms with Crippen LogP contribution in [0.2, 0.25) is 0 Å². The molecule has 2 aliphatic rings. The van der Waals surface area contributed by atoms with Crippen molar-refractivity contribution in [2.75, 3.05) is 26.7 Å². The van der Waals surface area contributed by atoms with Crippen LogP contribution in [0.1, 0.15) is 12.8 Å². The van der Waals surface area contributed by atoms with Gasteiger partial charge in [0.15, 0.2) is 0 Å². The second-order valence-electron chi connectivity index (χ2n) is 4.26. The summed E-state index contributed by atoms with van der Waals surface area (Å²) < 4.78 is 38.9. The highest BCUT2D eigenvalue weighted by molar-refractivity contribution is 5.06. The zero-order valence-electron chi connectivity index (χ0n) is 8.19. The average molecular weight is 208 g/mol. The molecule has 2 nitrogen and oxygen atoms in total. The van der Waals surface area contributed by atoms with Gasteiger partial charge in [0.1, 0.15) is 5.54 Å². The number of alkyl halides is 3. The Bertz CT molecular complexity index is 229. The van der Waals surface area contributed by atoms with Gasteiger partial charge < -0.3 is 10.2 Å². The Labute approximate surface area is 81.5 Å². The highest BCUT2D eigenvalue weighted by Crippen LogP contribution is 2.45. The molecule has 0 aliphatic carbocycles. The maximum absolute atomic E-state index is 13.0. The Kier molecular flexibility index (Phi) is 2.27. The summed E-state index contributed by atoms with van der Waals surface area (Å²) in [5.74, 6) is -0.263. The van der Waals surface area contributed by atoms with E-state index in [-0.39, 0.29) is 12.3 Å². The molecule has 5 heteroatoms. The van der Waals surface area contributed by atoms with Crippen LogP contribution in [0.4, 0.5) is 13.2 Å². The van der Waals surface area contributed by atoms with Gasteiger partial charge in [-0.05, 0) is 32.4 Å². The molecule has 0 aromatic rings. The van der Waals surface area contributed by atoms with Gasteiger partial charge in [-0.2, -0.15) is 13.2 Å². The molecule has 14 heavy (non-hydrogen) atoms. The van der Waals surface area contributed by atoms with Crippen molar-refractivity contribution in [2.45, 2.75) is 24.6 Å². The molecule has 2 heterocycles. The molecule has 2 bridgehead atoms. The minimum Gasteiger partial charge on any atom is -0.306 e. The SMILES string of the molecule is CNC1(C(F)(F)F)CCN2CCC1C2. The highest BCUT2D eigenvalue weighted by Gasteiger charge is 2.61. The van der Waals surface area contributed by atoms with E-state index in [4.69, 9.17) is 0 Å². The molecular formula is C9H15F3N2. The number of piperidine rings is 1. The van der Waals surface area contributed by atoms with Crippen LogP contribution in [-0.2, 0) is 0 Å². The van der Waals surface area contributed by atoms with Crippen molar-refractivity contribution in [3.8, 4) is 0 Å². The second kappa shape index (κ2) is 3.10. The maximum Gasteiger partial charge on any atom is 0.406 e. The molecule has 2 aliphatic heterocycles. The standard InChI is InChI=1S/C9H15F3N2/c1-13-8(9(10,11)12)3-5-14-4-2-7(8)6-14/h7,13H,2-6H2,1H3. The van der Waals surface area contributed by atoms with Crippen molar-refractivity contribution < 1.29 is 13.2 Å². The molecule has 2 saturated heterocycles. The summed E-state index contributed by atoms with van der Waals surface area (Å²) in [4.78, 5) is 2.12. The molecule has 0 aromatic heterocycles. The molecule has 2 fully saturated rings. The van der Waals surface area contributed by atoms with Gasteiger partial charge in [0, 0.05) is 13.1 Å². The van der Waals surface area contributed by atoms with E-state index in [0.29, 0.717) is 19.5 Å². The largest absolute Gasteiger partial charge is 0.406 e. The zero-order chi connectivity index (χ0) is 10.4. The quantitative estimate of drug-likeness (QED) is 0.697. The van der Waals surface area contributed by atoms with Gasteiger partial charge in [-0.15, -0.1) is 0 Å². The average Bonchev–Trinajstić information content (AvgIpc) is 2.48. The summed E-state index contributed by atoms with van der Waals surface area (Å²) in [6.07, 6.45) is -3.26. The molecule has 3 unspecified atom stereocenters. The van der Waals surface area contributed by atoms with E-state index in [1.165, 1.54) is 7.05 Å². The van der Waals surface area contributed by atoms with E-state index >= 15 is 0 Å². The van der Waals surface area contributed by atoms with Gasteiger partial charge in [-0.3, -0.25) is 0 Å². The van der Waals surface area contributed by atoms with E-state index in [0.717, 1.165) is 6.54 Å². The summed E-state index contributed by atoms with van der Waals surface area (Å²) in [6.45, 7) is 1.99. The fraction of sp³-hybridized carbons (Fsp3) is 1.00. The number of rotatable bonds is 1. The van der Waals surface area contributed by atoms with E-state index in [1.54, 1.807) is 0 Å². The smallest absolute Gasteiger partial charge is 0.306 e. The van der Waals surface area contributed by atoms with Crippen LogP contribution >= 0.6 is 0 Å². The van der Waals surface area contributed by atoms with Crippen molar-refractivity contribution in [2.24, 2.45) is 5.92 Å². The van der Waals surface area contributed by atoms with Gasteiger partial charge in [-0.1, -0.05) is 0 Å². The molecule has 1 N–H and O–H groups in total. The summed E-state index contributed by atoms with van der Waals surface area (Å²) in [5, 5.41) is 2.53. The van der Waals surface area contributed by atoms with Crippen molar-refractivity contribution in [1.29, 1.82) is 0 Å². The molecule has 0 amide bonds. The van der Waals surface area contributed by atoms with Crippen LogP contribution in [0.25, 0.3) is 0 Å². The third-order valence-electron chi connectivity index (χ3n) is 3.74. The maximum atomic E-state index is 13.0. The van der Waals surface area contributed by atoms with Gasteiger partial charge in [-0.25, -0.2) is 0 Å². The van der Waals surface area contributed by atoms with Crippen LogP contribution in [0.3, 0.4) is 0 Å². The predicted octanol–water partition coefficient (Wildman–Crippen LogP) is 1.23. The molecule has 82 valence electrons. The first-order chi connectivity index (χ1) is 6.49. The lowest BCUT2D eigenvalue weighted by atomic mass is 9.78. The lowest BCUT2D eigenvalue weighted by Crippen LogP contribution is -2.63. The molecule has 0 spiro atoms. The number of hydrogen-bond donors (Lipinski definition) is 1. The predicted molar refractivity (Wildman–Crippen MR) is 47.0 cm³/mol. The van der Waals surface area contributed by atoms with E-state index in [9.17, 15) is 13.2 Å². The molecule has 0 aromatic carbocycles.